The monoisotopic (exact) mass is 258 g/mol. The predicted molar refractivity (Wildman–Crippen MR) is 73.3 cm³/mol. The normalized spacial score (nSPS) is 12.1. The van der Waals surface area contributed by atoms with Gasteiger partial charge in [-0.1, -0.05) is 24.3 Å². The molecule has 2 aromatic rings. The molecule has 1 aromatic heterocycles. The largest absolute Gasteiger partial charge is 0.351 e. The molecular weight excluding hydrogens is 240 g/mol. The molecule has 2 rings (SSSR count). The minimum Gasteiger partial charge on any atom is -0.351 e. The quantitative estimate of drug-likeness (QED) is 0.836. The summed E-state index contributed by atoms with van der Waals surface area (Å²) < 4.78 is 1.86. The fourth-order valence-corrected chi connectivity index (χ4v) is 1.77. The standard InChI is InChI=1S/C14H18N4O/c1-11(15)14(19)16-9-12-4-2-5-13(8-12)10-18-7-3-6-17-18/h2-8,11H,9-10,15H2,1H3,(H,16,19)/t11-/m1/s1. The van der Waals surface area contributed by atoms with Crippen LogP contribution in [0.5, 0.6) is 0 Å². The average molecular weight is 258 g/mol. The number of nitrogens with one attached hydrogen (secondary N) is 1. The third-order valence-electron chi connectivity index (χ3n) is 2.78. The number of nitrogens with zero attached hydrogens (tertiary/aromatic N) is 2. The van der Waals surface area contributed by atoms with E-state index in [1.807, 2.05) is 35.1 Å². The Kier molecular flexibility index (Phi) is 4.30. The number of rotatable bonds is 5. The van der Waals surface area contributed by atoms with Crippen molar-refractivity contribution in [2.24, 2.45) is 5.73 Å². The third-order valence-corrected chi connectivity index (χ3v) is 2.78. The second-order valence-corrected chi connectivity index (χ2v) is 4.53. The maximum absolute atomic E-state index is 11.4. The minimum atomic E-state index is -0.479. The van der Waals surface area contributed by atoms with E-state index >= 15 is 0 Å². The lowest BCUT2D eigenvalue weighted by Gasteiger charge is -2.09. The van der Waals surface area contributed by atoms with E-state index < -0.39 is 6.04 Å². The van der Waals surface area contributed by atoms with Gasteiger partial charge >= 0.3 is 0 Å². The Balaban J connectivity index is 1.97. The maximum Gasteiger partial charge on any atom is 0.236 e. The van der Waals surface area contributed by atoms with Crippen molar-refractivity contribution in [1.82, 2.24) is 15.1 Å². The molecule has 0 radical (unpaired) electrons. The molecule has 1 heterocycles. The molecule has 5 nitrogen and oxygen atoms in total. The first-order valence-electron chi connectivity index (χ1n) is 6.23. The molecule has 100 valence electrons. The zero-order valence-electron chi connectivity index (χ0n) is 10.9. The van der Waals surface area contributed by atoms with Crippen LogP contribution in [0.15, 0.2) is 42.7 Å². The minimum absolute atomic E-state index is 0.141. The molecule has 0 aliphatic heterocycles. The topological polar surface area (TPSA) is 72.9 Å². The highest BCUT2D eigenvalue weighted by atomic mass is 16.2. The summed E-state index contributed by atoms with van der Waals surface area (Å²) in [7, 11) is 0. The number of aromatic nitrogens is 2. The Hall–Kier alpha value is -2.14. The van der Waals surface area contributed by atoms with Gasteiger partial charge in [0.05, 0.1) is 12.6 Å². The lowest BCUT2D eigenvalue weighted by molar-refractivity contribution is -0.122. The first-order chi connectivity index (χ1) is 9.15. The van der Waals surface area contributed by atoms with Crippen molar-refractivity contribution in [3.8, 4) is 0 Å². The summed E-state index contributed by atoms with van der Waals surface area (Å²) in [4.78, 5) is 11.4. The van der Waals surface area contributed by atoms with Crippen molar-refractivity contribution in [3.05, 3.63) is 53.9 Å². The lowest BCUT2D eigenvalue weighted by atomic mass is 10.1. The molecule has 1 amide bonds. The van der Waals surface area contributed by atoms with Crippen LogP contribution in [0.1, 0.15) is 18.1 Å². The molecule has 0 aliphatic carbocycles. The van der Waals surface area contributed by atoms with Gasteiger partial charge in [-0.25, -0.2) is 0 Å². The Bertz CT molecular complexity index is 534. The first kappa shape index (κ1) is 13.3. The van der Waals surface area contributed by atoms with E-state index in [0.717, 1.165) is 17.7 Å². The highest BCUT2D eigenvalue weighted by Gasteiger charge is 2.06. The number of benzene rings is 1. The summed E-state index contributed by atoms with van der Waals surface area (Å²) in [5.41, 5.74) is 7.70. The molecule has 0 fully saturated rings. The molecule has 0 bridgehead atoms. The maximum atomic E-state index is 11.4. The Morgan fingerprint density at radius 3 is 2.89 bits per heavy atom. The average Bonchev–Trinajstić information content (AvgIpc) is 2.89. The van der Waals surface area contributed by atoms with Gasteiger partial charge in [0, 0.05) is 18.9 Å². The summed E-state index contributed by atoms with van der Waals surface area (Å²) in [6, 6.07) is 9.47. The third kappa shape index (κ3) is 3.93. The summed E-state index contributed by atoms with van der Waals surface area (Å²) in [6.07, 6.45) is 3.68. The van der Waals surface area contributed by atoms with Crippen molar-refractivity contribution in [2.75, 3.05) is 0 Å². The van der Waals surface area contributed by atoms with E-state index in [-0.39, 0.29) is 5.91 Å². The molecule has 1 aromatic carbocycles. The van der Waals surface area contributed by atoms with E-state index in [2.05, 4.69) is 16.5 Å². The molecule has 0 aliphatic rings. The number of nitrogens with two attached hydrogens (primary N) is 1. The fraction of sp³-hybridized carbons (Fsp3) is 0.286. The van der Waals surface area contributed by atoms with Gasteiger partial charge in [-0.2, -0.15) is 5.10 Å². The first-order valence-corrected chi connectivity index (χ1v) is 6.23. The van der Waals surface area contributed by atoms with Gasteiger partial charge in [0.25, 0.3) is 0 Å². The van der Waals surface area contributed by atoms with Gasteiger partial charge in [0.1, 0.15) is 0 Å². The van der Waals surface area contributed by atoms with E-state index in [4.69, 9.17) is 5.73 Å². The molecule has 0 spiro atoms. The summed E-state index contributed by atoms with van der Waals surface area (Å²) >= 11 is 0. The van der Waals surface area contributed by atoms with E-state index in [1.54, 1.807) is 13.1 Å². The molecule has 19 heavy (non-hydrogen) atoms. The van der Waals surface area contributed by atoms with Gasteiger partial charge < -0.3 is 11.1 Å². The summed E-state index contributed by atoms with van der Waals surface area (Å²) in [5, 5.41) is 6.97. The summed E-state index contributed by atoms with van der Waals surface area (Å²) in [5.74, 6) is -0.141. The SMILES string of the molecule is C[C@@H](N)C(=O)NCc1cccc(Cn2cccn2)c1. The van der Waals surface area contributed by atoms with Crippen molar-refractivity contribution in [1.29, 1.82) is 0 Å². The summed E-state index contributed by atoms with van der Waals surface area (Å²) in [6.45, 7) is 2.89. The van der Waals surface area contributed by atoms with Crippen LogP contribution in [0.4, 0.5) is 0 Å². The zero-order chi connectivity index (χ0) is 13.7. The van der Waals surface area contributed by atoms with Crippen molar-refractivity contribution in [2.45, 2.75) is 26.1 Å². The van der Waals surface area contributed by atoms with Gasteiger partial charge in [-0.05, 0) is 24.1 Å². The van der Waals surface area contributed by atoms with Gasteiger partial charge in [-0.15, -0.1) is 0 Å². The van der Waals surface area contributed by atoms with E-state index in [0.29, 0.717) is 6.54 Å². The van der Waals surface area contributed by atoms with Crippen LogP contribution in [0, 0.1) is 0 Å². The molecular formula is C14H18N4O. The lowest BCUT2D eigenvalue weighted by Crippen LogP contribution is -2.37. The van der Waals surface area contributed by atoms with Crippen LogP contribution in [0.25, 0.3) is 0 Å². The van der Waals surface area contributed by atoms with Crippen LogP contribution in [0.3, 0.4) is 0 Å². The molecule has 5 heteroatoms. The number of hydrogen-bond donors (Lipinski definition) is 2. The number of carbonyl (C=O) groups is 1. The van der Waals surface area contributed by atoms with Crippen LogP contribution >= 0.6 is 0 Å². The van der Waals surface area contributed by atoms with Crippen LogP contribution < -0.4 is 11.1 Å². The highest BCUT2D eigenvalue weighted by molar-refractivity contribution is 5.80. The smallest absolute Gasteiger partial charge is 0.236 e. The number of hydrogen-bond acceptors (Lipinski definition) is 3. The highest BCUT2D eigenvalue weighted by Crippen LogP contribution is 2.07. The van der Waals surface area contributed by atoms with Crippen LogP contribution in [0.2, 0.25) is 0 Å². The predicted octanol–water partition coefficient (Wildman–Crippen LogP) is 0.895. The Labute approximate surface area is 112 Å². The zero-order valence-corrected chi connectivity index (χ0v) is 10.9. The van der Waals surface area contributed by atoms with Crippen molar-refractivity contribution in [3.63, 3.8) is 0 Å². The van der Waals surface area contributed by atoms with Crippen molar-refractivity contribution >= 4 is 5.91 Å². The Morgan fingerprint density at radius 1 is 1.42 bits per heavy atom. The van der Waals surface area contributed by atoms with Gasteiger partial charge in [-0.3, -0.25) is 9.48 Å². The Morgan fingerprint density at radius 2 is 2.21 bits per heavy atom. The second-order valence-electron chi connectivity index (χ2n) is 4.53. The molecule has 0 saturated carbocycles. The molecule has 3 N–H and O–H groups in total. The van der Waals surface area contributed by atoms with Gasteiger partial charge in [0.2, 0.25) is 5.91 Å². The van der Waals surface area contributed by atoms with Crippen LogP contribution in [-0.4, -0.2) is 21.7 Å². The number of amides is 1. The number of carbonyl (C=O) groups excluding carboxylic acids is 1. The van der Waals surface area contributed by atoms with Gasteiger partial charge in [0.15, 0.2) is 0 Å². The van der Waals surface area contributed by atoms with E-state index in [1.165, 1.54) is 0 Å². The fourth-order valence-electron chi connectivity index (χ4n) is 1.77. The molecule has 1 atom stereocenters. The van der Waals surface area contributed by atoms with Crippen LogP contribution in [-0.2, 0) is 17.9 Å². The molecule has 0 saturated heterocycles. The second kappa shape index (κ2) is 6.15. The van der Waals surface area contributed by atoms with E-state index in [9.17, 15) is 4.79 Å². The molecule has 0 unspecified atom stereocenters. The van der Waals surface area contributed by atoms with Crippen molar-refractivity contribution < 1.29 is 4.79 Å².